The van der Waals surface area contributed by atoms with Crippen molar-refractivity contribution in [2.24, 2.45) is 0 Å². The summed E-state index contributed by atoms with van der Waals surface area (Å²) in [5, 5.41) is 1.08. The van der Waals surface area contributed by atoms with Gasteiger partial charge in [0.25, 0.3) is 0 Å². The molecular formula is C16H20N2O2. The fourth-order valence-electron chi connectivity index (χ4n) is 2.92. The van der Waals surface area contributed by atoms with Gasteiger partial charge < -0.3 is 14.6 Å². The van der Waals surface area contributed by atoms with Gasteiger partial charge in [-0.15, -0.1) is 0 Å². The number of carbonyl (C=O) groups excluding carboxylic acids is 1. The third-order valence-corrected chi connectivity index (χ3v) is 4.03. The predicted octanol–water partition coefficient (Wildman–Crippen LogP) is 2.73. The van der Waals surface area contributed by atoms with E-state index in [2.05, 4.69) is 4.98 Å². The molecule has 2 aromatic rings. The molecular weight excluding hydrogens is 252 g/mol. The molecule has 0 atom stereocenters. The van der Waals surface area contributed by atoms with E-state index in [0.29, 0.717) is 6.42 Å². The Labute approximate surface area is 118 Å². The molecule has 0 radical (unpaired) electrons. The highest BCUT2D eigenvalue weighted by atomic mass is 16.5. The number of piperidine rings is 1. The average Bonchev–Trinajstić information content (AvgIpc) is 2.91. The fourth-order valence-corrected chi connectivity index (χ4v) is 2.92. The number of para-hydroxylation sites is 1. The maximum Gasteiger partial charge on any atom is 0.227 e. The smallest absolute Gasteiger partial charge is 0.227 e. The Hall–Kier alpha value is -1.97. The lowest BCUT2D eigenvalue weighted by atomic mass is 10.1. The Balaban J connectivity index is 1.82. The number of aromatic amines is 1. The lowest BCUT2D eigenvalue weighted by molar-refractivity contribution is -0.131. The summed E-state index contributed by atoms with van der Waals surface area (Å²) in [5.41, 5.74) is 2.02. The van der Waals surface area contributed by atoms with Gasteiger partial charge in [0.05, 0.1) is 19.0 Å². The number of nitrogens with one attached hydrogen (secondary N) is 1. The number of H-pyrrole nitrogens is 1. The highest BCUT2D eigenvalue weighted by Crippen LogP contribution is 2.27. The fraction of sp³-hybridized carbons (Fsp3) is 0.438. The van der Waals surface area contributed by atoms with Crippen LogP contribution in [0, 0.1) is 0 Å². The molecule has 0 bridgehead atoms. The molecule has 2 heterocycles. The van der Waals surface area contributed by atoms with Gasteiger partial charge in [0.15, 0.2) is 0 Å². The summed E-state index contributed by atoms with van der Waals surface area (Å²) in [4.78, 5) is 17.6. The molecule has 3 rings (SSSR count). The standard InChI is InChI=1S/C16H20N2O2/c1-20-14-7-5-6-13-12(11-17-16(13)14)10-15(19)18-8-3-2-4-9-18/h5-7,11,17H,2-4,8-10H2,1H3. The number of nitrogens with zero attached hydrogens (tertiary/aromatic N) is 1. The van der Waals surface area contributed by atoms with E-state index in [1.54, 1.807) is 7.11 Å². The van der Waals surface area contributed by atoms with Crippen LogP contribution >= 0.6 is 0 Å². The van der Waals surface area contributed by atoms with Crippen molar-refractivity contribution in [2.75, 3.05) is 20.2 Å². The van der Waals surface area contributed by atoms with Crippen molar-refractivity contribution in [1.29, 1.82) is 0 Å². The van der Waals surface area contributed by atoms with E-state index < -0.39 is 0 Å². The number of hydrogen-bond acceptors (Lipinski definition) is 2. The number of benzene rings is 1. The Morgan fingerprint density at radius 2 is 2.10 bits per heavy atom. The molecule has 0 spiro atoms. The van der Waals surface area contributed by atoms with Gasteiger partial charge in [-0.25, -0.2) is 0 Å². The maximum atomic E-state index is 12.3. The molecule has 1 amide bonds. The van der Waals surface area contributed by atoms with Crippen LogP contribution in [0.5, 0.6) is 5.75 Å². The van der Waals surface area contributed by atoms with Gasteiger partial charge in [0.1, 0.15) is 5.75 Å². The monoisotopic (exact) mass is 272 g/mol. The molecule has 1 N–H and O–H groups in total. The van der Waals surface area contributed by atoms with Crippen molar-refractivity contribution in [3.63, 3.8) is 0 Å². The van der Waals surface area contributed by atoms with Crippen LogP contribution in [0.1, 0.15) is 24.8 Å². The molecule has 1 fully saturated rings. The number of amides is 1. The second kappa shape index (κ2) is 5.57. The number of carbonyl (C=O) groups is 1. The summed E-state index contributed by atoms with van der Waals surface area (Å²) in [7, 11) is 1.66. The van der Waals surface area contributed by atoms with Gasteiger partial charge >= 0.3 is 0 Å². The largest absolute Gasteiger partial charge is 0.495 e. The first kappa shape index (κ1) is 13.0. The summed E-state index contributed by atoms with van der Waals surface area (Å²) < 4.78 is 5.34. The number of ether oxygens (including phenoxy) is 1. The van der Waals surface area contributed by atoms with Gasteiger partial charge in [0, 0.05) is 24.7 Å². The zero-order chi connectivity index (χ0) is 13.9. The minimum absolute atomic E-state index is 0.230. The summed E-state index contributed by atoms with van der Waals surface area (Å²) in [5.74, 6) is 1.05. The number of hydrogen-bond donors (Lipinski definition) is 1. The van der Waals surface area contributed by atoms with E-state index in [4.69, 9.17) is 4.74 Å². The number of likely N-dealkylation sites (tertiary alicyclic amines) is 1. The molecule has 1 saturated heterocycles. The summed E-state index contributed by atoms with van der Waals surface area (Å²) >= 11 is 0. The molecule has 1 aliphatic heterocycles. The number of fused-ring (bicyclic) bond motifs is 1. The summed E-state index contributed by atoms with van der Waals surface area (Å²) in [6, 6.07) is 5.92. The second-order valence-electron chi connectivity index (χ2n) is 5.31. The van der Waals surface area contributed by atoms with Crippen molar-refractivity contribution in [2.45, 2.75) is 25.7 Å². The van der Waals surface area contributed by atoms with Crippen molar-refractivity contribution >= 4 is 16.8 Å². The van der Waals surface area contributed by atoms with Crippen LogP contribution in [0.25, 0.3) is 10.9 Å². The van der Waals surface area contributed by atoms with E-state index in [1.165, 1.54) is 6.42 Å². The number of methoxy groups -OCH3 is 1. The van der Waals surface area contributed by atoms with Gasteiger partial charge in [-0.1, -0.05) is 12.1 Å². The van der Waals surface area contributed by atoms with E-state index in [0.717, 1.165) is 48.1 Å². The SMILES string of the molecule is COc1cccc2c(CC(=O)N3CCCCC3)c[nH]c12. The zero-order valence-corrected chi connectivity index (χ0v) is 11.8. The lowest BCUT2D eigenvalue weighted by Gasteiger charge is -2.26. The minimum Gasteiger partial charge on any atom is -0.495 e. The minimum atomic E-state index is 0.230. The highest BCUT2D eigenvalue weighted by molar-refractivity contribution is 5.92. The lowest BCUT2D eigenvalue weighted by Crippen LogP contribution is -2.36. The number of aromatic nitrogens is 1. The van der Waals surface area contributed by atoms with Crippen molar-refractivity contribution in [3.8, 4) is 5.75 Å². The van der Waals surface area contributed by atoms with Gasteiger partial charge in [-0.05, 0) is 30.9 Å². The third-order valence-electron chi connectivity index (χ3n) is 4.03. The van der Waals surface area contributed by atoms with Crippen LogP contribution in [0.3, 0.4) is 0 Å². The second-order valence-corrected chi connectivity index (χ2v) is 5.31. The molecule has 4 nitrogen and oxygen atoms in total. The Morgan fingerprint density at radius 3 is 2.85 bits per heavy atom. The van der Waals surface area contributed by atoms with E-state index in [9.17, 15) is 4.79 Å². The Bertz CT molecular complexity index is 612. The van der Waals surface area contributed by atoms with Crippen LogP contribution in [-0.2, 0) is 11.2 Å². The average molecular weight is 272 g/mol. The quantitative estimate of drug-likeness (QED) is 0.933. The first-order valence-electron chi connectivity index (χ1n) is 7.20. The van der Waals surface area contributed by atoms with Gasteiger partial charge in [0.2, 0.25) is 5.91 Å². The van der Waals surface area contributed by atoms with Crippen molar-refractivity contribution < 1.29 is 9.53 Å². The van der Waals surface area contributed by atoms with E-state index >= 15 is 0 Å². The molecule has 0 unspecified atom stereocenters. The molecule has 20 heavy (non-hydrogen) atoms. The van der Waals surface area contributed by atoms with Gasteiger partial charge in [-0.2, -0.15) is 0 Å². The topological polar surface area (TPSA) is 45.3 Å². The van der Waals surface area contributed by atoms with Crippen molar-refractivity contribution in [1.82, 2.24) is 9.88 Å². The molecule has 0 aliphatic carbocycles. The molecule has 0 saturated carbocycles. The van der Waals surface area contributed by atoms with Crippen LogP contribution in [0.4, 0.5) is 0 Å². The van der Waals surface area contributed by atoms with Crippen LogP contribution in [0.15, 0.2) is 24.4 Å². The highest BCUT2D eigenvalue weighted by Gasteiger charge is 2.18. The van der Waals surface area contributed by atoms with Crippen LogP contribution in [0.2, 0.25) is 0 Å². The van der Waals surface area contributed by atoms with E-state index in [1.807, 2.05) is 29.3 Å². The molecule has 1 aliphatic rings. The van der Waals surface area contributed by atoms with E-state index in [-0.39, 0.29) is 5.91 Å². The third kappa shape index (κ3) is 2.38. The van der Waals surface area contributed by atoms with Gasteiger partial charge in [-0.3, -0.25) is 4.79 Å². The molecule has 1 aromatic heterocycles. The zero-order valence-electron chi connectivity index (χ0n) is 11.8. The Morgan fingerprint density at radius 1 is 1.30 bits per heavy atom. The van der Waals surface area contributed by atoms with Crippen LogP contribution < -0.4 is 4.74 Å². The first-order valence-corrected chi connectivity index (χ1v) is 7.20. The summed E-state index contributed by atoms with van der Waals surface area (Å²) in [6.45, 7) is 1.81. The molecule has 1 aromatic carbocycles. The number of rotatable bonds is 3. The first-order chi connectivity index (χ1) is 9.79. The summed E-state index contributed by atoms with van der Waals surface area (Å²) in [6.07, 6.45) is 5.90. The predicted molar refractivity (Wildman–Crippen MR) is 79.0 cm³/mol. The Kier molecular flexibility index (Phi) is 3.63. The molecule has 106 valence electrons. The van der Waals surface area contributed by atoms with Crippen LogP contribution in [-0.4, -0.2) is 36.0 Å². The van der Waals surface area contributed by atoms with Crippen molar-refractivity contribution in [3.05, 3.63) is 30.0 Å². The maximum absolute atomic E-state index is 12.3. The molecule has 4 heteroatoms. The normalized spacial score (nSPS) is 15.6.